The van der Waals surface area contributed by atoms with Gasteiger partial charge in [0.25, 0.3) is 0 Å². The molecule has 0 radical (unpaired) electrons. The van der Waals surface area contributed by atoms with Gasteiger partial charge in [0.2, 0.25) is 11.8 Å². The van der Waals surface area contributed by atoms with Crippen LogP contribution in [0.15, 0.2) is 12.2 Å². The molecule has 0 bridgehead atoms. The molecule has 0 aromatic carbocycles. The largest absolute Gasteiger partial charge is 0.390 e. The summed E-state index contributed by atoms with van der Waals surface area (Å²) in [6.45, 7) is 5.39. The molecular formula is C50H96N2O9. The van der Waals surface area contributed by atoms with E-state index in [1.165, 1.54) is 155 Å². The van der Waals surface area contributed by atoms with Crippen molar-refractivity contribution < 1.29 is 44.6 Å². The molecule has 11 heteroatoms. The third-order valence-electron chi connectivity index (χ3n) is 12.3. The van der Waals surface area contributed by atoms with Crippen molar-refractivity contribution in [1.29, 1.82) is 0 Å². The molecule has 1 aliphatic rings. The Balaban J connectivity index is 2.41. The Hall–Kier alpha value is -1.60. The molecule has 0 saturated carbocycles. The maximum absolute atomic E-state index is 13.1. The van der Waals surface area contributed by atoms with Gasteiger partial charge in [0, 0.05) is 19.9 Å². The fraction of sp³-hybridized carbons (Fsp3) is 0.920. The van der Waals surface area contributed by atoms with Gasteiger partial charge in [-0.3, -0.25) is 9.59 Å². The van der Waals surface area contributed by atoms with Gasteiger partial charge < -0.3 is 45.6 Å². The van der Waals surface area contributed by atoms with Gasteiger partial charge in [-0.1, -0.05) is 193 Å². The highest BCUT2D eigenvalue weighted by molar-refractivity contribution is 5.76. The molecule has 0 spiro atoms. The van der Waals surface area contributed by atoms with Crippen molar-refractivity contribution in [3.05, 3.63) is 12.2 Å². The van der Waals surface area contributed by atoms with Crippen molar-refractivity contribution in [3.8, 4) is 0 Å². The number of ether oxygens (including phenoxy) is 2. The minimum Gasteiger partial charge on any atom is -0.390 e. The van der Waals surface area contributed by atoms with Gasteiger partial charge in [-0.05, 0) is 38.5 Å². The summed E-state index contributed by atoms with van der Waals surface area (Å²) in [6.07, 6.45) is 33.6. The third-order valence-corrected chi connectivity index (χ3v) is 12.3. The number of allylic oxidation sites excluding steroid dienone is 2. The summed E-state index contributed by atoms with van der Waals surface area (Å²) in [5.41, 5.74) is 0. The molecule has 360 valence electrons. The molecular weight excluding hydrogens is 773 g/mol. The molecule has 0 aliphatic carbocycles. The highest BCUT2D eigenvalue weighted by atomic mass is 16.7. The number of hydrogen-bond acceptors (Lipinski definition) is 9. The molecule has 1 aliphatic heterocycles. The second-order valence-corrected chi connectivity index (χ2v) is 18.2. The number of carbonyl (C=O) groups excluding carboxylic acids is 2. The van der Waals surface area contributed by atoms with Crippen molar-refractivity contribution >= 4 is 11.8 Å². The topological polar surface area (TPSA) is 178 Å². The van der Waals surface area contributed by atoms with Crippen LogP contribution in [0.3, 0.4) is 0 Å². The molecule has 11 nitrogen and oxygen atoms in total. The van der Waals surface area contributed by atoms with Crippen LogP contribution >= 0.6 is 0 Å². The van der Waals surface area contributed by atoms with Crippen LogP contribution in [0, 0.1) is 0 Å². The van der Waals surface area contributed by atoms with Crippen LogP contribution in [0.25, 0.3) is 0 Å². The summed E-state index contributed by atoms with van der Waals surface area (Å²) in [4.78, 5) is 24.6. The van der Waals surface area contributed by atoms with Gasteiger partial charge in [0.15, 0.2) is 6.29 Å². The van der Waals surface area contributed by atoms with Crippen LogP contribution in [0.4, 0.5) is 0 Å². The molecule has 8 atom stereocenters. The van der Waals surface area contributed by atoms with E-state index in [0.717, 1.165) is 44.9 Å². The Morgan fingerprint density at radius 2 is 1.02 bits per heavy atom. The average molecular weight is 869 g/mol. The normalized spacial score (nSPS) is 20.8. The van der Waals surface area contributed by atoms with Crippen molar-refractivity contribution in [2.45, 2.75) is 282 Å². The van der Waals surface area contributed by atoms with Crippen LogP contribution in [-0.4, -0.2) is 99.5 Å². The molecule has 7 N–H and O–H groups in total. The smallest absolute Gasteiger partial charge is 0.220 e. The third kappa shape index (κ3) is 31.0. The summed E-state index contributed by atoms with van der Waals surface area (Å²) < 4.78 is 11.5. The molecule has 1 rings (SSSR count). The Kier molecular flexibility index (Phi) is 37.6. The van der Waals surface area contributed by atoms with Crippen LogP contribution < -0.4 is 10.6 Å². The number of aliphatic hydroxyl groups is 5. The number of rotatable bonds is 42. The van der Waals surface area contributed by atoms with Gasteiger partial charge in [-0.25, -0.2) is 0 Å². The highest BCUT2D eigenvalue weighted by Crippen LogP contribution is 2.23. The van der Waals surface area contributed by atoms with Crippen LogP contribution in [-0.2, 0) is 19.1 Å². The first kappa shape index (κ1) is 57.4. The van der Waals surface area contributed by atoms with E-state index in [0.29, 0.717) is 12.8 Å². The Morgan fingerprint density at radius 3 is 1.48 bits per heavy atom. The monoisotopic (exact) mass is 869 g/mol. The Bertz CT molecular complexity index is 1050. The highest BCUT2D eigenvalue weighted by Gasteiger charge is 2.45. The summed E-state index contributed by atoms with van der Waals surface area (Å²) in [6, 6.07) is -1.00. The summed E-state index contributed by atoms with van der Waals surface area (Å²) >= 11 is 0. The van der Waals surface area contributed by atoms with E-state index in [1.54, 1.807) is 0 Å². The molecule has 1 fully saturated rings. The lowest BCUT2D eigenvalue weighted by molar-refractivity contribution is -0.297. The zero-order valence-corrected chi connectivity index (χ0v) is 39.4. The van der Waals surface area contributed by atoms with E-state index in [-0.39, 0.29) is 31.4 Å². The Morgan fingerprint density at radius 1 is 0.590 bits per heavy atom. The first-order valence-electron chi connectivity index (χ1n) is 25.5. The van der Waals surface area contributed by atoms with Gasteiger partial charge in [-0.15, -0.1) is 0 Å². The van der Waals surface area contributed by atoms with Gasteiger partial charge >= 0.3 is 0 Å². The van der Waals surface area contributed by atoms with E-state index in [1.807, 2.05) is 0 Å². The van der Waals surface area contributed by atoms with E-state index in [9.17, 15) is 35.1 Å². The minimum atomic E-state index is -1.61. The minimum absolute atomic E-state index is 0.113. The lowest BCUT2D eigenvalue weighted by Crippen LogP contribution is -2.61. The quantitative estimate of drug-likeness (QED) is 0.0233. The lowest BCUT2D eigenvalue weighted by atomic mass is 9.98. The number of carbonyl (C=O) groups is 2. The van der Waals surface area contributed by atoms with Gasteiger partial charge in [0.1, 0.15) is 30.5 Å². The average Bonchev–Trinajstić information content (AvgIpc) is 3.24. The SMILES string of the molecule is CCCCCCCC/C=C/CCCCCCCCCCCCCC(=O)N[C@@H](COC1OC(CNC(C)=O)C(O)C(O)C1O)C(O)[C@H](O)CCCCCCCCCCCCCC. The predicted octanol–water partition coefficient (Wildman–Crippen LogP) is 9.62. The maximum atomic E-state index is 13.1. The standard InChI is InChI=1S/C50H96N2O9/c1-4-6-8-10-12-14-16-18-19-20-21-22-23-24-25-26-28-30-32-34-36-38-45(55)52-42(40-60-50-49(59)48(58)47(57)44(61-50)39-51-41(3)53)46(56)43(54)37-35-33-31-29-27-17-15-13-11-9-7-5-2/h18-19,42-44,46-50,54,56-59H,4-17,20-40H2,1-3H3,(H,51,53)(H,52,55)/b19-18+/t42-,43+,44?,46?,47?,48?,49?,50?/m0/s1. The second-order valence-electron chi connectivity index (χ2n) is 18.2. The molecule has 1 heterocycles. The number of nitrogens with one attached hydrogen (secondary N) is 2. The molecule has 2 amide bonds. The van der Waals surface area contributed by atoms with E-state index >= 15 is 0 Å². The van der Waals surface area contributed by atoms with Crippen LogP contribution in [0.2, 0.25) is 0 Å². The first-order chi connectivity index (χ1) is 29.6. The molecule has 6 unspecified atom stereocenters. The summed E-state index contributed by atoms with van der Waals surface area (Å²) in [5.74, 6) is -0.613. The lowest BCUT2D eigenvalue weighted by Gasteiger charge is -2.41. The zero-order valence-electron chi connectivity index (χ0n) is 39.4. The van der Waals surface area contributed by atoms with Crippen LogP contribution in [0.1, 0.15) is 233 Å². The summed E-state index contributed by atoms with van der Waals surface area (Å²) in [7, 11) is 0. The fourth-order valence-corrected chi connectivity index (χ4v) is 8.22. The number of aliphatic hydroxyl groups excluding tert-OH is 5. The van der Waals surface area contributed by atoms with Crippen molar-refractivity contribution in [1.82, 2.24) is 10.6 Å². The number of unbranched alkanes of at least 4 members (excludes halogenated alkanes) is 28. The van der Waals surface area contributed by atoms with E-state index in [4.69, 9.17) is 9.47 Å². The maximum Gasteiger partial charge on any atom is 0.220 e. The fourth-order valence-electron chi connectivity index (χ4n) is 8.22. The Labute approximate surface area is 373 Å². The van der Waals surface area contributed by atoms with Gasteiger partial charge in [0.05, 0.1) is 18.8 Å². The second kappa shape index (κ2) is 40.0. The first-order valence-corrected chi connectivity index (χ1v) is 25.5. The zero-order chi connectivity index (χ0) is 44.8. The number of hydrogen-bond donors (Lipinski definition) is 7. The molecule has 0 aromatic heterocycles. The molecule has 61 heavy (non-hydrogen) atoms. The number of amides is 2. The van der Waals surface area contributed by atoms with E-state index < -0.39 is 49.0 Å². The van der Waals surface area contributed by atoms with Crippen molar-refractivity contribution in [2.75, 3.05) is 13.2 Å². The summed E-state index contributed by atoms with van der Waals surface area (Å²) in [5, 5.41) is 59.1. The predicted molar refractivity (Wildman–Crippen MR) is 248 cm³/mol. The van der Waals surface area contributed by atoms with Crippen molar-refractivity contribution in [2.24, 2.45) is 0 Å². The van der Waals surface area contributed by atoms with Crippen LogP contribution in [0.5, 0.6) is 0 Å². The van der Waals surface area contributed by atoms with Gasteiger partial charge in [-0.2, -0.15) is 0 Å². The molecule has 1 saturated heterocycles. The molecule has 0 aromatic rings. The van der Waals surface area contributed by atoms with E-state index in [2.05, 4.69) is 36.6 Å². The van der Waals surface area contributed by atoms with Crippen molar-refractivity contribution in [3.63, 3.8) is 0 Å².